The molecule has 2 nitrogen and oxygen atoms in total. The molecule has 2 atom stereocenters. The van der Waals surface area contributed by atoms with Gasteiger partial charge < -0.3 is 0 Å². The van der Waals surface area contributed by atoms with E-state index in [2.05, 4.69) is 144 Å². The molecule has 0 aliphatic heterocycles. The Hall–Kier alpha value is -1.64. The van der Waals surface area contributed by atoms with Crippen molar-refractivity contribution in [3.63, 3.8) is 0 Å². The molecule has 0 saturated carbocycles. The van der Waals surface area contributed by atoms with Gasteiger partial charge in [0, 0.05) is 0 Å². The smallest absolute Gasteiger partial charge is 0.126 e. The van der Waals surface area contributed by atoms with Crippen LogP contribution in [0.5, 0.6) is 0 Å². The van der Waals surface area contributed by atoms with Gasteiger partial charge in [0.2, 0.25) is 0 Å². The maximum Gasteiger partial charge on any atom is 0.126 e. The lowest BCUT2D eigenvalue weighted by Crippen LogP contribution is -2.43. The van der Waals surface area contributed by atoms with Crippen LogP contribution in [-0.4, -0.2) is 0 Å². The van der Waals surface area contributed by atoms with Gasteiger partial charge in [0.15, 0.2) is 0 Å². The molecular formula is C32H50O2. The highest BCUT2D eigenvalue weighted by atomic mass is 17.2. The van der Waals surface area contributed by atoms with Crippen molar-refractivity contribution in [1.29, 1.82) is 0 Å². The minimum Gasteiger partial charge on any atom is -0.225 e. The summed E-state index contributed by atoms with van der Waals surface area (Å²) >= 11 is 0. The molecule has 0 bridgehead atoms. The van der Waals surface area contributed by atoms with Gasteiger partial charge in [-0.25, -0.2) is 9.78 Å². The molecule has 2 rings (SSSR count). The van der Waals surface area contributed by atoms with Crippen molar-refractivity contribution in [1.82, 2.24) is 0 Å². The van der Waals surface area contributed by atoms with Crippen molar-refractivity contribution in [2.24, 2.45) is 21.7 Å². The van der Waals surface area contributed by atoms with E-state index in [-0.39, 0.29) is 21.7 Å². The number of hydrogen-bond donors (Lipinski definition) is 0. The van der Waals surface area contributed by atoms with E-state index in [1.54, 1.807) is 0 Å². The molecule has 0 fully saturated rings. The Morgan fingerprint density at radius 3 is 0.941 bits per heavy atom. The molecule has 2 heteroatoms. The molecular weight excluding hydrogens is 416 g/mol. The van der Waals surface area contributed by atoms with E-state index in [1.807, 2.05) is 0 Å². The second kappa shape index (κ2) is 9.78. The molecule has 0 saturated heterocycles. The van der Waals surface area contributed by atoms with Gasteiger partial charge in [-0.3, -0.25) is 0 Å². The third-order valence-corrected chi connectivity index (χ3v) is 8.80. The van der Waals surface area contributed by atoms with E-state index < -0.39 is 11.2 Å². The molecule has 0 N–H and O–H groups in total. The molecule has 2 aromatic rings. The van der Waals surface area contributed by atoms with Crippen LogP contribution in [0.25, 0.3) is 0 Å². The minimum absolute atomic E-state index is 0.0226. The average molecular weight is 467 g/mol. The van der Waals surface area contributed by atoms with Crippen LogP contribution in [0.3, 0.4) is 0 Å². The van der Waals surface area contributed by atoms with Gasteiger partial charge in [0.05, 0.1) is 0 Å². The standard InChI is InChI=1S/C32H50O2/c1-27(2,3)29(7,8)23-31(11,25-19-15-13-16-20-25)33-34-32(12,26-21-17-14-18-22-26)24-30(9,10)28(4,5)6/h13-22H,23-24H2,1-12H3. The van der Waals surface area contributed by atoms with Crippen molar-refractivity contribution >= 4 is 0 Å². The molecule has 2 unspecified atom stereocenters. The molecule has 190 valence electrons. The Bertz CT molecular complexity index is 822. The fraction of sp³-hybridized carbons (Fsp3) is 0.625. The van der Waals surface area contributed by atoms with Crippen LogP contribution in [0.1, 0.15) is 107 Å². The highest BCUT2D eigenvalue weighted by Crippen LogP contribution is 2.51. The summed E-state index contributed by atoms with van der Waals surface area (Å²) in [7, 11) is 0. The van der Waals surface area contributed by atoms with Crippen molar-refractivity contribution in [3.8, 4) is 0 Å². The van der Waals surface area contributed by atoms with Gasteiger partial charge in [-0.05, 0) is 59.5 Å². The Kier molecular flexibility index (Phi) is 8.23. The Labute approximate surface area is 210 Å². The Morgan fingerprint density at radius 2 is 0.706 bits per heavy atom. The van der Waals surface area contributed by atoms with Gasteiger partial charge in [-0.15, -0.1) is 0 Å². The second-order valence-electron chi connectivity index (χ2n) is 14.0. The first-order valence-corrected chi connectivity index (χ1v) is 12.8. The van der Waals surface area contributed by atoms with Crippen LogP contribution in [0.15, 0.2) is 60.7 Å². The maximum absolute atomic E-state index is 6.62. The van der Waals surface area contributed by atoms with Crippen LogP contribution >= 0.6 is 0 Å². The summed E-state index contributed by atoms with van der Waals surface area (Å²) in [5.74, 6) is 0. The zero-order valence-electron chi connectivity index (χ0n) is 24.0. The minimum atomic E-state index is -0.597. The van der Waals surface area contributed by atoms with Crippen LogP contribution in [0, 0.1) is 21.7 Å². The largest absolute Gasteiger partial charge is 0.225 e. The molecule has 0 spiro atoms. The van der Waals surface area contributed by atoms with Crippen molar-refractivity contribution in [2.45, 2.75) is 107 Å². The van der Waals surface area contributed by atoms with E-state index in [9.17, 15) is 0 Å². The number of hydrogen-bond acceptors (Lipinski definition) is 2. The van der Waals surface area contributed by atoms with Crippen LogP contribution in [0.2, 0.25) is 0 Å². The lowest BCUT2D eigenvalue weighted by molar-refractivity contribution is -0.427. The van der Waals surface area contributed by atoms with Gasteiger partial charge in [-0.2, -0.15) is 0 Å². The third kappa shape index (κ3) is 6.52. The normalized spacial score (nSPS) is 17.2. The number of rotatable bonds is 9. The molecule has 34 heavy (non-hydrogen) atoms. The summed E-state index contributed by atoms with van der Waals surface area (Å²) in [4.78, 5) is 13.2. The van der Waals surface area contributed by atoms with E-state index in [0.717, 1.165) is 24.0 Å². The quantitative estimate of drug-likeness (QED) is 0.270. The average Bonchev–Trinajstić information content (AvgIpc) is 2.71. The zero-order chi connectivity index (χ0) is 26.1. The molecule has 0 radical (unpaired) electrons. The lowest BCUT2D eigenvalue weighted by Gasteiger charge is -2.47. The summed E-state index contributed by atoms with van der Waals surface area (Å²) < 4.78 is 0. The zero-order valence-corrected chi connectivity index (χ0v) is 24.0. The molecule has 2 aromatic carbocycles. The maximum atomic E-state index is 6.62. The Morgan fingerprint density at radius 1 is 0.441 bits per heavy atom. The van der Waals surface area contributed by atoms with Crippen molar-refractivity contribution in [3.05, 3.63) is 71.8 Å². The highest BCUT2D eigenvalue weighted by molar-refractivity contribution is 5.24. The predicted molar refractivity (Wildman–Crippen MR) is 145 cm³/mol. The number of benzene rings is 2. The molecule has 0 aliphatic carbocycles. The van der Waals surface area contributed by atoms with Gasteiger partial charge in [0.25, 0.3) is 0 Å². The summed E-state index contributed by atoms with van der Waals surface area (Å²) in [6, 6.07) is 21.1. The van der Waals surface area contributed by atoms with Crippen molar-refractivity contribution < 1.29 is 9.78 Å². The molecule has 0 amide bonds. The monoisotopic (exact) mass is 466 g/mol. The topological polar surface area (TPSA) is 18.5 Å². The first-order valence-electron chi connectivity index (χ1n) is 12.8. The second-order valence-corrected chi connectivity index (χ2v) is 14.0. The van der Waals surface area contributed by atoms with Gasteiger partial charge in [-0.1, -0.05) is 130 Å². The van der Waals surface area contributed by atoms with Gasteiger partial charge in [0.1, 0.15) is 11.2 Å². The molecule has 0 aromatic heterocycles. The van der Waals surface area contributed by atoms with Crippen molar-refractivity contribution in [2.75, 3.05) is 0 Å². The summed E-state index contributed by atoms with van der Waals surface area (Å²) in [6.45, 7) is 27.5. The van der Waals surface area contributed by atoms with E-state index in [4.69, 9.17) is 9.78 Å². The predicted octanol–water partition coefficient (Wildman–Crippen LogP) is 9.69. The SMILES string of the molecule is CC(CC(C)(C)C(C)(C)C)(OOC(C)(CC(C)(C)C(C)(C)C)c1ccccc1)c1ccccc1. The summed E-state index contributed by atoms with van der Waals surface area (Å²) in [5.41, 5.74) is 1.35. The van der Waals surface area contributed by atoms with E-state index in [1.165, 1.54) is 0 Å². The third-order valence-electron chi connectivity index (χ3n) is 8.80. The summed E-state index contributed by atoms with van der Waals surface area (Å²) in [6.07, 6.45) is 1.67. The Balaban J connectivity index is 2.49. The first-order chi connectivity index (χ1) is 15.3. The molecule has 0 aliphatic rings. The summed E-state index contributed by atoms with van der Waals surface area (Å²) in [5, 5.41) is 0. The van der Waals surface area contributed by atoms with Crippen LogP contribution in [-0.2, 0) is 21.0 Å². The van der Waals surface area contributed by atoms with Gasteiger partial charge >= 0.3 is 0 Å². The van der Waals surface area contributed by atoms with E-state index in [0.29, 0.717) is 0 Å². The first kappa shape index (κ1) is 28.6. The highest BCUT2D eigenvalue weighted by Gasteiger charge is 2.46. The lowest BCUT2D eigenvalue weighted by atomic mass is 9.63. The fourth-order valence-electron chi connectivity index (χ4n) is 4.34. The fourth-order valence-corrected chi connectivity index (χ4v) is 4.34. The van der Waals surface area contributed by atoms with Crippen LogP contribution in [0.4, 0.5) is 0 Å². The molecule has 0 heterocycles. The van der Waals surface area contributed by atoms with Crippen LogP contribution < -0.4 is 0 Å². The van der Waals surface area contributed by atoms with E-state index >= 15 is 0 Å².